The minimum atomic E-state index is -0.410. The van der Waals surface area contributed by atoms with Crippen LogP contribution in [0.4, 0.5) is 0 Å². The summed E-state index contributed by atoms with van der Waals surface area (Å²) in [5.41, 5.74) is 7.81. The third-order valence-electron chi connectivity index (χ3n) is 4.70. The van der Waals surface area contributed by atoms with E-state index in [0.29, 0.717) is 17.6 Å². The number of carbonyl (C=O) groups is 1. The van der Waals surface area contributed by atoms with Crippen LogP contribution in [0.15, 0.2) is 18.2 Å². The molecule has 1 aromatic heterocycles. The number of amides is 1. The highest BCUT2D eigenvalue weighted by Gasteiger charge is 2.31. The minimum absolute atomic E-state index is 0.294. The van der Waals surface area contributed by atoms with Crippen molar-refractivity contribution >= 4 is 16.9 Å². The van der Waals surface area contributed by atoms with E-state index in [1.165, 1.54) is 6.42 Å². The summed E-state index contributed by atoms with van der Waals surface area (Å²) < 4.78 is 2.28. The van der Waals surface area contributed by atoms with Crippen LogP contribution in [0.25, 0.3) is 11.0 Å². The molecule has 1 aromatic carbocycles. The summed E-state index contributed by atoms with van der Waals surface area (Å²) in [6.07, 6.45) is 3.47. The van der Waals surface area contributed by atoms with Crippen LogP contribution in [0.1, 0.15) is 68.3 Å². The number of fused-ring (bicyclic) bond motifs is 1. The normalized spacial score (nSPS) is 19.0. The van der Waals surface area contributed by atoms with Gasteiger partial charge in [0.05, 0.1) is 17.1 Å². The molecule has 5 nitrogen and oxygen atoms in total. The molecule has 1 atom stereocenters. The standard InChI is InChI=1S/C18H26N4O/c1-4-10-21-11-6-9-15(21)18-20-16-13(17(19)23)7-5-8-14(16)22(18)12(2)3/h5,7-8,12,15H,4,6,9-11H2,1-3H3,(H2,19,23). The molecule has 1 aliphatic rings. The smallest absolute Gasteiger partial charge is 0.250 e. The number of aromatic nitrogens is 2. The molecule has 0 radical (unpaired) electrons. The Morgan fingerprint density at radius 1 is 1.43 bits per heavy atom. The molecule has 0 bridgehead atoms. The van der Waals surface area contributed by atoms with Gasteiger partial charge in [0.1, 0.15) is 11.3 Å². The minimum Gasteiger partial charge on any atom is -0.366 e. The molecular weight excluding hydrogens is 288 g/mol. The number of primary amides is 1. The maximum Gasteiger partial charge on any atom is 0.250 e. The van der Waals surface area contributed by atoms with Crippen LogP contribution in [0.5, 0.6) is 0 Å². The third-order valence-corrected chi connectivity index (χ3v) is 4.70. The fourth-order valence-electron chi connectivity index (χ4n) is 3.79. The van der Waals surface area contributed by atoms with E-state index in [1.807, 2.05) is 12.1 Å². The predicted molar refractivity (Wildman–Crippen MR) is 92.5 cm³/mol. The van der Waals surface area contributed by atoms with E-state index in [9.17, 15) is 4.79 Å². The summed E-state index contributed by atoms with van der Waals surface area (Å²) >= 11 is 0. The average molecular weight is 314 g/mol. The van der Waals surface area contributed by atoms with Gasteiger partial charge in [-0.3, -0.25) is 9.69 Å². The lowest BCUT2D eigenvalue weighted by Crippen LogP contribution is -2.26. The number of hydrogen-bond acceptors (Lipinski definition) is 3. The van der Waals surface area contributed by atoms with Gasteiger partial charge in [0, 0.05) is 6.04 Å². The zero-order chi connectivity index (χ0) is 16.6. The molecule has 5 heteroatoms. The molecule has 1 aliphatic heterocycles. The van der Waals surface area contributed by atoms with Crippen molar-refractivity contribution in [1.82, 2.24) is 14.5 Å². The van der Waals surface area contributed by atoms with Gasteiger partial charge in [-0.25, -0.2) is 4.98 Å². The first-order chi connectivity index (χ1) is 11.0. The van der Waals surface area contributed by atoms with Crippen molar-refractivity contribution in [3.63, 3.8) is 0 Å². The average Bonchev–Trinajstić information content (AvgIpc) is 3.10. The Morgan fingerprint density at radius 2 is 2.22 bits per heavy atom. The van der Waals surface area contributed by atoms with E-state index in [-0.39, 0.29) is 0 Å². The number of benzene rings is 1. The van der Waals surface area contributed by atoms with Crippen molar-refractivity contribution in [2.24, 2.45) is 5.73 Å². The van der Waals surface area contributed by atoms with Gasteiger partial charge in [0.15, 0.2) is 0 Å². The number of carbonyl (C=O) groups excluding carboxylic acids is 1. The number of rotatable bonds is 5. The monoisotopic (exact) mass is 314 g/mol. The highest BCUT2D eigenvalue weighted by atomic mass is 16.1. The molecular formula is C18H26N4O. The van der Waals surface area contributed by atoms with Gasteiger partial charge in [-0.1, -0.05) is 13.0 Å². The summed E-state index contributed by atoms with van der Waals surface area (Å²) in [6, 6.07) is 6.33. The molecule has 124 valence electrons. The summed E-state index contributed by atoms with van der Waals surface area (Å²) in [5, 5.41) is 0. The molecule has 23 heavy (non-hydrogen) atoms. The molecule has 1 unspecified atom stereocenters. The van der Waals surface area contributed by atoms with Gasteiger partial charge in [-0.05, 0) is 58.3 Å². The number of likely N-dealkylation sites (tertiary alicyclic amines) is 1. The Bertz CT molecular complexity index is 719. The van der Waals surface area contributed by atoms with Gasteiger partial charge in [-0.15, -0.1) is 0 Å². The van der Waals surface area contributed by atoms with Gasteiger partial charge >= 0.3 is 0 Å². The second kappa shape index (κ2) is 6.32. The lowest BCUT2D eigenvalue weighted by molar-refractivity contribution is 0.100. The fraction of sp³-hybridized carbons (Fsp3) is 0.556. The van der Waals surface area contributed by atoms with Crippen molar-refractivity contribution in [1.29, 1.82) is 0 Å². The van der Waals surface area contributed by atoms with Crippen molar-refractivity contribution < 1.29 is 4.79 Å². The Labute approximate surface area is 137 Å². The van der Waals surface area contributed by atoms with Crippen LogP contribution >= 0.6 is 0 Å². The number of nitrogens with two attached hydrogens (primary N) is 1. The van der Waals surface area contributed by atoms with Crippen LogP contribution in [0.3, 0.4) is 0 Å². The van der Waals surface area contributed by atoms with Crippen molar-refractivity contribution in [3.05, 3.63) is 29.6 Å². The first kappa shape index (κ1) is 16.0. The number of para-hydroxylation sites is 1. The molecule has 0 aliphatic carbocycles. The van der Waals surface area contributed by atoms with E-state index in [0.717, 1.165) is 42.8 Å². The third kappa shape index (κ3) is 2.74. The number of nitrogens with zero attached hydrogens (tertiary/aromatic N) is 3. The second-order valence-electron chi connectivity index (χ2n) is 6.67. The molecule has 0 spiro atoms. The molecule has 1 amide bonds. The Kier molecular flexibility index (Phi) is 4.39. The first-order valence-corrected chi connectivity index (χ1v) is 8.59. The fourth-order valence-corrected chi connectivity index (χ4v) is 3.79. The van der Waals surface area contributed by atoms with E-state index in [1.54, 1.807) is 6.07 Å². The Balaban J connectivity index is 2.18. The van der Waals surface area contributed by atoms with Crippen molar-refractivity contribution in [2.45, 2.75) is 52.1 Å². The largest absolute Gasteiger partial charge is 0.366 e. The lowest BCUT2D eigenvalue weighted by atomic mass is 10.1. The molecule has 2 heterocycles. The van der Waals surface area contributed by atoms with Crippen LogP contribution in [0.2, 0.25) is 0 Å². The second-order valence-corrected chi connectivity index (χ2v) is 6.67. The van der Waals surface area contributed by atoms with Crippen LogP contribution in [-0.4, -0.2) is 33.4 Å². The van der Waals surface area contributed by atoms with Crippen LogP contribution < -0.4 is 5.73 Å². The molecule has 0 saturated carbocycles. The van der Waals surface area contributed by atoms with E-state index < -0.39 is 5.91 Å². The maximum absolute atomic E-state index is 11.8. The molecule has 3 rings (SSSR count). The van der Waals surface area contributed by atoms with E-state index >= 15 is 0 Å². The van der Waals surface area contributed by atoms with Gasteiger partial charge in [0.25, 0.3) is 5.91 Å². The van der Waals surface area contributed by atoms with Crippen LogP contribution in [0, 0.1) is 0 Å². The van der Waals surface area contributed by atoms with E-state index in [4.69, 9.17) is 10.7 Å². The van der Waals surface area contributed by atoms with Gasteiger partial charge in [0.2, 0.25) is 0 Å². The zero-order valence-corrected chi connectivity index (χ0v) is 14.2. The molecule has 1 fully saturated rings. The summed E-state index contributed by atoms with van der Waals surface area (Å²) in [5.74, 6) is 0.669. The summed E-state index contributed by atoms with van der Waals surface area (Å²) in [7, 11) is 0. The van der Waals surface area contributed by atoms with E-state index in [2.05, 4.69) is 30.2 Å². The predicted octanol–water partition coefficient (Wildman–Crippen LogP) is 3.26. The van der Waals surface area contributed by atoms with Gasteiger partial charge < -0.3 is 10.3 Å². The Hall–Kier alpha value is -1.88. The highest BCUT2D eigenvalue weighted by molar-refractivity contribution is 6.04. The molecule has 2 N–H and O–H groups in total. The van der Waals surface area contributed by atoms with Gasteiger partial charge in [-0.2, -0.15) is 0 Å². The molecule has 1 saturated heterocycles. The first-order valence-electron chi connectivity index (χ1n) is 8.59. The summed E-state index contributed by atoms with van der Waals surface area (Å²) in [4.78, 5) is 19.2. The lowest BCUT2D eigenvalue weighted by Gasteiger charge is -2.25. The highest BCUT2D eigenvalue weighted by Crippen LogP contribution is 2.35. The Morgan fingerprint density at radius 3 is 2.87 bits per heavy atom. The van der Waals surface area contributed by atoms with Crippen molar-refractivity contribution in [2.75, 3.05) is 13.1 Å². The van der Waals surface area contributed by atoms with Crippen molar-refractivity contribution in [3.8, 4) is 0 Å². The maximum atomic E-state index is 11.8. The quantitative estimate of drug-likeness (QED) is 0.921. The molecule has 2 aromatic rings. The number of imidazole rings is 1. The zero-order valence-electron chi connectivity index (χ0n) is 14.2. The number of hydrogen-bond donors (Lipinski definition) is 1. The topological polar surface area (TPSA) is 64.2 Å². The SMILES string of the molecule is CCCN1CCCC1c1nc2c(C(N)=O)cccc2n1C(C)C. The van der Waals surface area contributed by atoms with Crippen LogP contribution in [-0.2, 0) is 0 Å². The summed E-state index contributed by atoms with van der Waals surface area (Å²) in [6.45, 7) is 8.77.